The smallest absolute Gasteiger partial charge is 0.177 e. The highest BCUT2D eigenvalue weighted by Crippen LogP contribution is 2.21. The lowest BCUT2D eigenvalue weighted by Crippen LogP contribution is -2.03. The van der Waals surface area contributed by atoms with Gasteiger partial charge in [-0.2, -0.15) is 20.5 Å². The molecule has 0 unspecified atom stereocenters. The number of nitrogens with zero attached hydrogens (tertiary/aromatic N) is 16. The van der Waals surface area contributed by atoms with Gasteiger partial charge in [-0.15, -0.1) is 20.4 Å². The fourth-order valence-corrected chi connectivity index (χ4v) is 10.5. The Balaban J connectivity index is -0.000000105. The number of aromatic nitrogens is 12. The molecule has 0 aromatic carbocycles. The molecule has 0 saturated carbocycles. The number of hydrogen-bond donors (Lipinski definition) is 4. The lowest BCUT2D eigenvalue weighted by molar-refractivity contribution is 0.597. The minimum absolute atomic E-state index is 0. The molecular formula is C113H212N20. The van der Waals surface area contributed by atoms with Crippen molar-refractivity contribution in [2.24, 2.45) is 93.4 Å². The van der Waals surface area contributed by atoms with E-state index in [4.69, 9.17) is 0 Å². The van der Waals surface area contributed by atoms with E-state index >= 15 is 0 Å². The molecule has 0 radical (unpaired) electrons. The molecular weight excluding hydrogens is 1640 g/mol. The van der Waals surface area contributed by atoms with Gasteiger partial charge < -0.3 is 19.1 Å². The molecule has 0 fully saturated rings. The topological polar surface area (TPSA) is 249 Å². The lowest BCUT2D eigenvalue weighted by Gasteiger charge is -2.03. The number of allylic oxidation sites excluding steroid dienone is 15. The van der Waals surface area contributed by atoms with Crippen molar-refractivity contribution in [1.29, 1.82) is 0 Å². The van der Waals surface area contributed by atoms with Crippen molar-refractivity contribution in [1.82, 2.24) is 60.1 Å². The summed E-state index contributed by atoms with van der Waals surface area (Å²) >= 11 is 0. The largest absolute Gasteiger partial charge is 0.367 e. The van der Waals surface area contributed by atoms with Crippen LogP contribution in [0.25, 0.3) is 0 Å². The molecule has 4 N–H and O–H groups in total. The fourth-order valence-electron chi connectivity index (χ4n) is 10.5. The Hall–Kier alpha value is -9.98. The van der Waals surface area contributed by atoms with Gasteiger partial charge in [0.1, 0.15) is 12.7 Å². The Morgan fingerprint density at radius 2 is 1.04 bits per heavy atom. The van der Waals surface area contributed by atoms with E-state index in [1.165, 1.54) is 68.5 Å². The average molecular weight is 1850 g/mol. The minimum Gasteiger partial charge on any atom is -0.367 e. The molecule has 15 rings (SSSR count). The highest BCUT2D eigenvalue weighted by atomic mass is 15.5. The zero-order chi connectivity index (χ0) is 89.7. The molecule has 133 heavy (non-hydrogen) atoms. The van der Waals surface area contributed by atoms with Gasteiger partial charge in [-0.1, -0.05) is 348 Å². The van der Waals surface area contributed by atoms with Gasteiger partial charge in [-0.05, 0) is 188 Å². The van der Waals surface area contributed by atoms with Crippen LogP contribution in [0.3, 0.4) is 0 Å². The Morgan fingerprint density at radius 3 is 1.26 bits per heavy atom. The van der Waals surface area contributed by atoms with Crippen molar-refractivity contribution in [3.8, 4) is 0 Å². The van der Waals surface area contributed by atoms with E-state index in [0.717, 1.165) is 63.5 Å². The third kappa shape index (κ3) is 73.1. The van der Waals surface area contributed by atoms with Crippen LogP contribution >= 0.6 is 0 Å². The number of hydrogen-bond acceptors (Lipinski definition) is 14. The number of aliphatic imine (C=N–C) groups is 6. The molecule has 0 saturated heterocycles. The Kier molecular flexibility index (Phi) is 104. The summed E-state index contributed by atoms with van der Waals surface area (Å²) in [6, 6.07) is 13.4. The van der Waals surface area contributed by atoms with Crippen molar-refractivity contribution in [3.63, 3.8) is 0 Å². The first-order valence-electron chi connectivity index (χ1n) is 44.1. The van der Waals surface area contributed by atoms with Crippen molar-refractivity contribution >= 4 is 48.2 Å². The Labute approximate surface area is 823 Å². The second kappa shape index (κ2) is 91.2. The first-order valence-corrected chi connectivity index (χ1v) is 44.1. The number of rotatable bonds is 15. The molecule has 6 aromatic rings. The van der Waals surface area contributed by atoms with Crippen LogP contribution in [0.5, 0.6) is 0 Å². The van der Waals surface area contributed by atoms with Crippen LogP contribution in [0.15, 0.2) is 245 Å². The predicted octanol–water partition coefficient (Wildman–Crippen LogP) is 34.8. The van der Waals surface area contributed by atoms with Gasteiger partial charge in [0.05, 0.1) is 19.6 Å². The lowest BCUT2D eigenvalue weighted by atomic mass is 10.0. The van der Waals surface area contributed by atoms with Crippen molar-refractivity contribution in [2.45, 2.75) is 379 Å². The van der Waals surface area contributed by atoms with Gasteiger partial charge in [0, 0.05) is 159 Å². The number of aromatic amines is 4. The second-order valence-corrected chi connectivity index (χ2v) is 34.3. The molecule has 7 aliphatic heterocycles. The van der Waals surface area contributed by atoms with Gasteiger partial charge in [0.2, 0.25) is 0 Å². The average Bonchev–Trinajstić information content (AvgIpc) is 2.01. The van der Waals surface area contributed by atoms with Crippen LogP contribution < -0.4 is 0 Å². The molecule has 9 aliphatic rings. The zero-order valence-electron chi connectivity index (χ0n) is 79.7. The molecule has 20 nitrogen and oxygen atoms in total. The predicted molar refractivity (Wildman–Crippen MR) is 609 cm³/mol. The second-order valence-electron chi connectivity index (χ2n) is 34.3. The summed E-state index contributed by atoms with van der Waals surface area (Å²) < 4.78 is 4.11. The maximum Gasteiger partial charge on any atom is 0.177 e. The maximum absolute atomic E-state index is 4.24. The monoisotopic (exact) mass is 1850 g/mol. The van der Waals surface area contributed by atoms with Gasteiger partial charge in [0.15, 0.2) is 5.82 Å². The third-order valence-corrected chi connectivity index (χ3v) is 19.1. The van der Waals surface area contributed by atoms with Gasteiger partial charge in [-0.3, -0.25) is 35.1 Å². The molecule has 20 heteroatoms. The third-order valence-electron chi connectivity index (χ3n) is 19.1. The van der Waals surface area contributed by atoms with Gasteiger partial charge >= 0.3 is 0 Å². The summed E-state index contributed by atoms with van der Waals surface area (Å²) in [6.07, 6.45) is 61.2. The van der Waals surface area contributed by atoms with E-state index in [2.05, 4.69) is 387 Å². The maximum atomic E-state index is 4.24. The number of H-pyrrole nitrogens is 4. The standard InChI is InChI=1S/2C8H12.9C7H11N.2C6H10N2.C5H9N3.C4H8N4.13CH4/c2*1-7(2)8-5-3-4-6-8;4*1-6(2)7-3-4-8-5-7;1-7(2)8-5-3-4-6-8;4*1-6(2)7-4-3-5-8-7;2*1-5(2)6-3-4-7-8-6;1-5(2)8-3-6-7-4-8;1-3(2)4-5-7-8-6-4;;;;;;;;;;;;;/h3,5-7H,4H2,1-2H3;3-5,7H,6H2,1-2H3;4-6H,3H2,1-2H3;3,5-6H,4H2,1-2H3;3-4,6H,5H2,1-2H3;3-6,8H,1-2H3;3-7H,1-2H3;4-6H,3H2,1-2H3;3,5-6H,4H2,1-2H3;3-4,6H,5H2,1-2H3;3-6,8H,1-2H3;4-5H,3H2,1-2H3;3-5H,1-2H3,(H,7,8);3-5H,1-2H3;3H,1-2H3,(H,5,6,7,8);13*1H4. The van der Waals surface area contributed by atoms with Crippen molar-refractivity contribution in [3.05, 3.63) is 228 Å². The first kappa shape index (κ1) is 151. The highest BCUT2D eigenvalue weighted by Gasteiger charge is 2.10. The van der Waals surface area contributed by atoms with E-state index in [1.807, 2.05) is 105 Å². The molecule has 0 spiro atoms. The Bertz CT molecular complexity index is 3500. The normalized spacial score (nSPS) is 13.3. The van der Waals surface area contributed by atoms with E-state index in [0.29, 0.717) is 83.1 Å². The fraction of sp³-hybridized carbons (Fsp3) is 0.593. The molecule has 13 heterocycles. The summed E-state index contributed by atoms with van der Waals surface area (Å²) in [4.78, 5) is 30.9. The number of tetrazole rings is 1. The summed E-state index contributed by atoms with van der Waals surface area (Å²) in [7, 11) is 0. The van der Waals surface area contributed by atoms with Crippen molar-refractivity contribution in [2.75, 3.05) is 19.6 Å². The molecule has 0 amide bonds. The molecule has 764 valence electrons. The van der Waals surface area contributed by atoms with Crippen molar-refractivity contribution < 1.29 is 0 Å². The van der Waals surface area contributed by atoms with Gasteiger partial charge in [-0.25, -0.2) is 0 Å². The summed E-state index contributed by atoms with van der Waals surface area (Å²) in [5, 5.41) is 35.0. The van der Waals surface area contributed by atoms with Crippen LogP contribution in [-0.2, 0) is 0 Å². The number of nitrogens with one attached hydrogen (secondary N) is 4. The van der Waals surface area contributed by atoms with Crippen LogP contribution in [0.1, 0.15) is 401 Å². The minimum atomic E-state index is 0. The Morgan fingerprint density at radius 1 is 0.436 bits per heavy atom. The van der Waals surface area contributed by atoms with E-state index in [9.17, 15) is 0 Å². The zero-order valence-corrected chi connectivity index (χ0v) is 79.7. The summed E-state index contributed by atoms with van der Waals surface area (Å²) in [5.41, 5.74) is 16.2. The quantitative estimate of drug-likeness (QED) is 0.0778. The molecule has 6 aromatic heterocycles. The molecule has 0 atom stereocenters. The molecule has 0 bridgehead atoms. The van der Waals surface area contributed by atoms with E-state index in [1.54, 1.807) is 24.4 Å². The highest BCUT2D eigenvalue weighted by molar-refractivity contribution is 5.99. The van der Waals surface area contributed by atoms with Crippen LogP contribution in [0, 0.1) is 53.3 Å². The van der Waals surface area contributed by atoms with E-state index in [-0.39, 0.29) is 96.5 Å². The van der Waals surface area contributed by atoms with Crippen LogP contribution in [0.4, 0.5) is 0 Å². The first-order chi connectivity index (χ1) is 57.1. The van der Waals surface area contributed by atoms with Crippen LogP contribution in [0.2, 0.25) is 0 Å². The summed E-state index contributed by atoms with van der Waals surface area (Å²) in [6.45, 7) is 67.6. The van der Waals surface area contributed by atoms with Gasteiger partial charge in [0.25, 0.3) is 0 Å². The summed E-state index contributed by atoms with van der Waals surface area (Å²) in [5.74, 6) is 8.86. The SMILES string of the molecule is C.C.C.C.C.C.C.C.C.C.C.C.C.CC(C)C1=CC=CC1.CC(C)C1=CC=NC1.CC(C)C1=CCC=C1.CC(C)C1=CCC=N1.CC(C)C1=CCN=C1.CC(C)C1=CN=CC1.CC(C)C1=NC=CC1.CC(C)C1=NCC=C1.CC(C)C1=NN=CC1.CC(C)c1cc[nH]c1.CC(C)c1ccc[nH]1.CC(C)c1ccn[nH]1.CC(C)c1nn[nH]n1.CC(C)n1cccc1.CC(C)n1cnnc1. The van der Waals surface area contributed by atoms with Crippen LogP contribution in [-0.4, -0.2) is 128 Å². The molecule has 2 aliphatic carbocycles. The van der Waals surface area contributed by atoms with E-state index < -0.39 is 0 Å².